The van der Waals surface area contributed by atoms with Gasteiger partial charge in [0.05, 0.1) is 6.54 Å². The van der Waals surface area contributed by atoms with Gasteiger partial charge in [-0.25, -0.2) is 4.39 Å². The predicted octanol–water partition coefficient (Wildman–Crippen LogP) is 1.76. The lowest BCUT2D eigenvalue weighted by Gasteiger charge is -2.34. The Bertz CT molecular complexity index is 629. The van der Waals surface area contributed by atoms with Crippen LogP contribution in [0.5, 0.6) is 0 Å². The van der Waals surface area contributed by atoms with E-state index in [0.717, 1.165) is 24.8 Å². The molecule has 0 radical (unpaired) electrons. The molecule has 5 heteroatoms. The minimum atomic E-state index is -0.260. The van der Waals surface area contributed by atoms with Crippen molar-refractivity contribution >= 4 is 11.8 Å². The monoisotopic (exact) mass is 302 g/mol. The Morgan fingerprint density at radius 3 is 2.73 bits per heavy atom. The topological polar surface area (TPSA) is 40.6 Å². The molecule has 3 fully saturated rings. The lowest BCUT2D eigenvalue weighted by Crippen LogP contribution is -2.53. The molecule has 0 aromatic heterocycles. The maximum Gasteiger partial charge on any atom is 0.242 e. The van der Waals surface area contributed by atoms with Gasteiger partial charge in [0.2, 0.25) is 11.8 Å². The summed E-state index contributed by atoms with van der Waals surface area (Å²) in [6.07, 6.45) is 2.97. The molecule has 0 unspecified atom stereocenters. The summed E-state index contributed by atoms with van der Waals surface area (Å²) < 4.78 is 13.3. The molecule has 4 rings (SSSR count). The van der Waals surface area contributed by atoms with Crippen LogP contribution in [0.1, 0.15) is 30.7 Å². The lowest BCUT2D eigenvalue weighted by molar-refractivity contribution is -0.146. The number of rotatable bonds is 3. The Balaban J connectivity index is 1.38. The van der Waals surface area contributed by atoms with E-state index in [9.17, 15) is 14.0 Å². The number of halogens is 1. The van der Waals surface area contributed by atoms with Crippen molar-refractivity contribution in [3.8, 4) is 0 Å². The third kappa shape index (κ3) is 2.49. The molecule has 4 nitrogen and oxygen atoms in total. The first-order valence-electron chi connectivity index (χ1n) is 7.97. The van der Waals surface area contributed by atoms with E-state index in [0.29, 0.717) is 19.1 Å². The highest BCUT2D eigenvalue weighted by Gasteiger charge is 2.47. The van der Waals surface area contributed by atoms with Gasteiger partial charge in [0.25, 0.3) is 0 Å². The number of carbonyl (C=O) groups is 2. The van der Waals surface area contributed by atoms with Gasteiger partial charge in [0.1, 0.15) is 5.82 Å². The number of hydrogen-bond acceptors (Lipinski definition) is 2. The van der Waals surface area contributed by atoms with E-state index in [2.05, 4.69) is 0 Å². The highest BCUT2D eigenvalue weighted by atomic mass is 19.1. The Morgan fingerprint density at radius 1 is 1.23 bits per heavy atom. The van der Waals surface area contributed by atoms with Crippen molar-refractivity contribution in [2.24, 2.45) is 5.92 Å². The van der Waals surface area contributed by atoms with Crippen LogP contribution in [0.2, 0.25) is 0 Å². The van der Waals surface area contributed by atoms with Crippen LogP contribution < -0.4 is 0 Å². The van der Waals surface area contributed by atoms with Gasteiger partial charge < -0.3 is 9.80 Å². The second-order valence-electron chi connectivity index (χ2n) is 6.58. The first-order chi connectivity index (χ1) is 10.6. The zero-order chi connectivity index (χ0) is 15.3. The van der Waals surface area contributed by atoms with E-state index in [1.54, 1.807) is 11.0 Å². The molecular weight excluding hydrogens is 283 g/mol. The third-order valence-electron chi connectivity index (χ3n) is 4.94. The van der Waals surface area contributed by atoms with Crippen molar-refractivity contribution < 1.29 is 14.0 Å². The second-order valence-corrected chi connectivity index (χ2v) is 6.58. The number of carbonyl (C=O) groups excluding carboxylic acids is 2. The molecule has 1 aromatic rings. The van der Waals surface area contributed by atoms with Gasteiger partial charge in [0.15, 0.2) is 0 Å². The first-order valence-corrected chi connectivity index (χ1v) is 7.97. The molecule has 1 saturated heterocycles. The molecule has 3 aliphatic rings. The van der Waals surface area contributed by atoms with E-state index < -0.39 is 0 Å². The molecule has 0 spiro atoms. The Kier molecular flexibility index (Phi) is 3.17. The fourth-order valence-electron chi connectivity index (χ4n) is 3.45. The van der Waals surface area contributed by atoms with Crippen LogP contribution in [0.4, 0.5) is 4.39 Å². The van der Waals surface area contributed by atoms with Crippen LogP contribution >= 0.6 is 0 Å². The average molecular weight is 302 g/mol. The van der Waals surface area contributed by atoms with Crippen molar-refractivity contribution in [2.45, 2.75) is 31.2 Å². The maximum atomic E-state index is 13.3. The summed E-state index contributed by atoms with van der Waals surface area (Å²) in [7, 11) is 0. The summed E-state index contributed by atoms with van der Waals surface area (Å²) in [5.41, 5.74) is 0.890. The summed E-state index contributed by atoms with van der Waals surface area (Å²) in [6, 6.07) is 6.90. The molecule has 116 valence electrons. The molecule has 1 aromatic carbocycles. The minimum absolute atomic E-state index is 0.0538. The highest BCUT2D eigenvalue weighted by Crippen LogP contribution is 2.48. The van der Waals surface area contributed by atoms with Crippen LogP contribution in [-0.2, 0) is 9.59 Å². The average Bonchev–Trinajstić information content (AvgIpc) is 3.38. The summed E-state index contributed by atoms with van der Waals surface area (Å²) in [4.78, 5) is 28.2. The first kappa shape index (κ1) is 13.7. The van der Waals surface area contributed by atoms with E-state index in [1.807, 2.05) is 11.0 Å². The normalized spacial score (nSPS) is 28.0. The van der Waals surface area contributed by atoms with Crippen LogP contribution in [0.15, 0.2) is 24.3 Å². The number of benzene rings is 1. The Labute approximate surface area is 128 Å². The fraction of sp³-hybridized carbons (Fsp3) is 0.529. The van der Waals surface area contributed by atoms with Crippen molar-refractivity contribution in [3.63, 3.8) is 0 Å². The Hall–Kier alpha value is -1.91. The van der Waals surface area contributed by atoms with E-state index >= 15 is 0 Å². The molecule has 2 amide bonds. The summed E-state index contributed by atoms with van der Waals surface area (Å²) in [5.74, 6) is -0.103. The zero-order valence-electron chi connectivity index (χ0n) is 12.4. The number of amides is 2. The summed E-state index contributed by atoms with van der Waals surface area (Å²) in [5, 5.41) is 0. The highest BCUT2D eigenvalue weighted by molar-refractivity contribution is 5.89. The molecule has 2 atom stereocenters. The molecule has 0 bridgehead atoms. The minimum Gasteiger partial charge on any atom is -0.336 e. The molecule has 2 saturated carbocycles. The van der Waals surface area contributed by atoms with Gasteiger partial charge in [-0.15, -0.1) is 0 Å². The maximum absolute atomic E-state index is 13.3. The summed E-state index contributed by atoms with van der Waals surface area (Å²) >= 11 is 0. The van der Waals surface area contributed by atoms with Crippen LogP contribution in [-0.4, -0.2) is 47.3 Å². The third-order valence-corrected chi connectivity index (χ3v) is 4.94. The van der Waals surface area contributed by atoms with Gasteiger partial charge in [0, 0.05) is 25.0 Å². The van der Waals surface area contributed by atoms with Gasteiger partial charge in [-0.1, -0.05) is 12.1 Å². The zero-order valence-corrected chi connectivity index (χ0v) is 12.4. The quantitative estimate of drug-likeness (QED) is 0.854. The van der Waals surface area contributed by atoms with Crippen LogP contribution in [0.3, 0.4) is 0 Å². The molecule has 0 N–H and O–H groups in total. The molecule has 2 aliphatic carbocycles. The second kappa shape index (κ2) is 5.07. The van der Waals surface area contributed by atoms with E-state index in [-0.39, 0.29) is 36.0 Å². The van der Waals surface area contributed by atoms with Crippen molar-refractivity contribution in [1.29, 1.82) is 0 Å². The molecular formula is C17H19FN2O2. The van der Waals surface area contributed by atoms with E-state index in [1.165, 1.54) is 12.1 Å². The predicted molar refractivity (Wildman–Crippen MR) is 78.6 cm³/mol. The van der Waals surface area contributed by atoms with Crippen molar-refractivity contribution in [1.82, 2.24) is 9.80 Å². The number of piperazine rings is 1. The fourth-order valence-corrected chi connectivity index (χ4v) is 3.45. The van der Waals surface area contributed by atoms with Gasteiger partial charge in [-0.3, -0.25) is 9.59 Å². The van der Waals surface area contributed by atoms with Crippen LogP contribution in [0, 0.1) is 11.7 Å². The lowest BCUT2D eigenvalue weighted by atomic mass is 10.1. The largest absolute Gasteiger partial charge is 0.336 e. The Morgan fingerprint density at radius 2 is 2.05 bits per heavy atom. The van der Waals surface area contributed by atoms with Crippen molar-refractivity contribution in [2.75, 3.05) is 19.6 Å². The van der Waals surface area contributed by atoms with Gasteiger partial charge >= 0.3 is 0 Å². The molecule has 22 heavy (non-hydrogen) atoms. The SMILES string of the molecule is O=C([C@@H]1C[C@@H]1c1cccc(F)c1)N1CCN(C2CC2)C(=O)C1. The number of nitrogens with zero attached hydrogens (tertiary/aromatic N) is 2. The smallest absolute Gasteiger partial charge is 0.242 e. The number of hydrogen-bond donors (Lipinski definition) is 0. The van der Waals surface area contributed by atoms with Crippen molar-refractivity contribution in [3.05, 3.63) is 35.6 Å². The van der Waals surface area contributed by atoms with Crippen LogP contribution in [0.25, 0.3) is 0 Å². The van der Waals surface area contributed by atoms with Gasteiger partial charge in [-0.2, -0.15) is 0 Å². The van der Waals surface area contributed by atoms with Gasteiger partial charge in [-0.05, 0) is 42.9 Å². The molecule has 1 heterocycles. The van der Waals surface area contributed by atoms with E-state index in [4.69, 9.17) is 0 Å². The summed E-state index contributed by atoms with van der Waals surface area (Å²) in [6.45, 7) is 1.50. The standard InChI is InChI=1S/C17H19FN2O2/c18-12-3-1-2-11(8-12)14-9-15(14)17(22)19-6-7-20(13-4-5-13)16(21)10-19/h1-3,8,13-15H,4-7,9-10H2/t14-,15-/m1/s1. The molecule has 1 aliphatic heterocycles.